The predicted octanol–water partition coefficient (Wildman–Crippen LogP) is 5.40. The number of ether oxygens (including phenoxy) is 1. The van der Waals surface area contributed by atoms with Gasteiger partial charge < -0.3 is 14.5 Å². The van der Waals surface area contributed by atoms with E-state index in [1.165, 1.54) is 0 Å². The molecule has 0 spiro atoms. The number of carbonyl (C=O) groups excluding carboxylic acids is 2. The van der Waals surface area contributed by atoms with Gasteiger partial charge >= 0.3 is 6.09 Å². The number of hydrogen-bond acceptors (Lipinski definition) is 5. The van der Waals surface area contributed by atoms with Gasteiger partial charge in [-0.1, -0.05) is 29.7 Å². The molecule has 1 aliphatic heterocycles. The van der Waals surface area contributed by atoms with Gasteiger partial charge in [0, 0.05) is 65.7 Å². The summed E-state index contributed by atoms with van der Waals surface area (Å²) in [6.07, 6.45) is 11.7. The monoisotopic (exact) mass is 542 g/mol. The number of nitrogens with zero attached hydrogens (tertiary/aromatic N) is 4. The highest BCUT2D eigenvalue weighted by Crippen LogP contribution is 2.38. The van der Waals surface area contributed by atoms with Gasteiger partial charge in [-0.05, 0) is 62.4 Å². The molecule has 1 aromatic carbocycles. The van der Waals surface area contributed by atoms with Crippen LogP contribution in [0.5, 0.6) is 0 Å². The van der Waals surface area contributed by atoms with Gasteiger partial charge in [-0.15, -0.1) is 13.0 Å². The predicted molar refractivity (Wildman–Crippen MR) is 152 cm³/mol. The number of aromatic nitrogens is 2. The molecule has 5 rings (SSSR count). The van der Waals surface area contributed by atoms with Gasteiger partial charge in [0.05, 0.1) is 17.1 Å². The van der Waals surface area contributed by atoms with Crippen LogP contribution in [-0.2, 0) is 17.6 Å². The van der Waals surface area contributed by atoms with Crippen molar-refractivity contribution < 1.29 is 14.3 Å². The average molecular weight is 543 g/mol. The number of terminal acetylenes is 1. The fraction of sp³-hybridized carbons (Fsp3) is 0.355. The minimum Gasteiger partial charge on any atom is -0.449 e. The normalized spacial score (nSPS) is 18.8. The molecule has 0 bridgehead atoms. The van der Waals surface area contributed by atoms with E-state index in [4.69, 9.17) is 27.7 Å². The molecular formula is C31H31ClN4O3. The molecule has 0 saturated carbocycles. The Morgan fingerprint density at radius 3 is 2.85 bits per heavy atom. The molecule has 3 aromatic rings. The molecule has 0 radical (unpaired) electrons. The standard InChI is InChI=1S/C31H31ClN4O3/c1-4-6-15-39-31(38)35-13-14-36(20(3)19-35)30(37)23-9-11-25-28(17-23)34-27-16-22(8-10-24(27)29(25)32)26-12-7-21(5-2)18-33-26/h2,4,7,9,11-12,17-18,20,22H,1,6,8,10,13-16,19H2,3H3. The highest BCUT2D eigenvalue weighted by Gasteiger charge is 2.31. The number of hydrogen-bond donors (Lipinski definition) is 0. The van der Waals surface area contributed by atoms with Crippen LogP contribution in [0.2, 0.25) is 5.02 Å². The van der Waals surface area contributed by atoms with Gasteiger partial charge in [0.2, 0.25) is 0 Å². The first-order valence-corrected chi connectivity index (χ1v) is 13.6. The molecule has 2 aromatic heterocycles. The lowest BCUT2D eigenvalue weighted by Crippen LogP contribution is -2.55. The zero-order valence-corrected chi connectivity index (χ0v) is 22.8. The van der Waals surface area contributed by atoms with E-state index in [1.54, 1.807) is 22.1 Å². The Morgan fingerprint density at radius 1 is 1.28 bits per heavy atom. The lowest BCUT2D eigenvalue weighted by atomic mass is 9.84. The number of fused-ring (bicyclic) bond motifs is 2. The van der Waals surface area contributed by atoms with Crippen LogP contribution in [0.15, 0.2) is 49.2 Å². The smallest absolute Gasteiger partial charge is 0.409 e. The average Bonchev–Trinajstić information content (AvgIpc) is 2.96. The molecule has 39 heavy (non-hydrogen) atoms. The van der Waals surface area contributed by atoms with Gasteiger partial charge in [-0.2, -0.15) is 0 Å². The number of benzene rings is 1. The second-order valence-electron chi connectivity index (χ2n) is 10.1. The van der Waals surface area contributed by atoms with E-state index in [9.17, 15) is 9.59 Å². The first-order chi connectivity index (χ1) is 18.9. The van der Waals surface area contributed by atoms with E-state index >= 15 is 0 Å². The Bertz CT molecular complexity index is 1460. The summed E-state index contributed by atoms with van der Waals surface area (Å²) in [5.41, 5.74) is 5.05. The Morgan fingerprint density at radius 2 is 2.13 bits per heavy atom. The zero-order chi connectivity index (χ0) is 27.5. The maximum atomic E-state index is 13.5. The third-order valence-electron chi connectivity index (χ3n) is 7.60. The molecule has 2 atom stereocenters. The highest BCUT2D eigenvalue weighted by molar-refractivity contribution is 6.36. The van der Waals surface area contributed by atoms with Gasteiger partial charge in [-0.25, -0.2) is 4.79 Å². The first-order valence-electron chi connectivity index (χ1n) is 13.3. The van der Waals surface area contributed by atoms with Crippen molar-refractivity contribution in [1.29, 1.82) is 0 Å². The van der Waals surface area contributed by atoms with Crippen molar-refractivity contribution in [3.8, 4) is 12.3 Å². The summed E-state index contributed by atoms with van der Waals surface area (Å²) in [6, 6.07) is 9.30. The molecular weight excluding hydrogens is 512 g/mol. The lowest BCUT2D eigenvalue weighted by Gasteiger charge is -2.39. The first kappa shape index (κ1) is 26.7. The van der Waals surface area contributed by atoms with Crippen LogP contribution in [0.4, 0.5) is 4.79 Å². The van der Waals surface area contributed by atoms with Crippen molar-refractivity contribution in [3.05, 3.63) is 82.3 Å². The summed E-state index contributed by atoms with van der Waals surface area (Å²) in [4.78, 5) is 38.8. The summed E-state index contributed by atoms with van der Waals surface area (Å²) in [6.45, 7) is 7.16. The third kappa shape index (κ3) is 5.48. The van der Waals surface area contributed by atoms with Crippen molar-refractivity contribution in [2.45, 2.75) is 44.6 Å². The number of amides is 2. The minimum atomic E-state index is -0.356. The summed E-state index contributed by atoms with van der Waals surface area (Å²) in [7, 11) is 0. The van der Waals surface area contributed by atoms with Crippen molar-refractivity contribution in [1.82, 2.24) is 19.8 Å². The van der Waals surface area contributed by atoms with E-state index < -0.39 is 0 Å². The molecule has 1 aliphatic carbocycles. The Hall–Kier alpha value is -3.89. The third-order valence-corrected chi connectivity index (χ3v) is 8.03. The number of piperazine rings is 1. The summed E-state index contributed by atoms with van der Waals surface area (Å²) in [5.74, 6) is 2.75. The molecule has 8 heteroatoms. The second-order valence-corrected chi connectivity index (χ2v) is 10.5. The fourth-order valence-corrected chi connectivity index (χ4v) is 5.78. The van der Waals surface area contributed by atoms with Gasteiger partial charge in [0.15, 0.2) is 0 Å². The van der Waals surface area contributed by atoms with Crippen LogP contribution in [-0.4, -0.2) is 64.1 Å². The molecule has 1 saturated heterocycles. The van der Waals surface area contributed by atoms with Crippen LogP contribution in [0.25, 0.3) is 10.9 Å². The van der Waals surface area contributed by atoms with E-state index in [0.717, 1.165) is 47.2 Å². The summed E-state index contributed by atoms with van der Waals surface area (Å²) < 4.78 is 5.28. The molecule has 2 unspecified atom stereocenters. The lowest BCUT2D eigenvalue weighted by molar-refractivity contribution is 0.0417. The van der Waals surface area contributed by atoms with Crippen LogP contribution in [0.1, 0.15) is 58.6 Å². The van der Waals surface area contributed by atoms with Crippen molar-refractivity contribution in [2.75, 3.05) is 26.2 Å². The number of rotatable bonds is 5. The molecule has 0 N–H and O–H groups in total. The van der Waals surface area contributed by atoms with Crippen LogP contribution in [0, 0.1) is 12.3 Å². The molecule has 1 fully saturated rings. The fourth-order valence-electron chi connectivity index (χ4n) is 5.42. The molecule has 2 amide bonds. The quantitative estimate of drug-likeness (QED) is 0.245. The molecule has 3 heterocycles. The maximum Gasteiger partial charge on any atom is 0.409 e. The van der Waals surface area contributed by atoms with E-state index in [-0.39, 0.29) is 24.0 Å². The topological polar surface area (TPSA) is 75.6 Å². The minimum absolute atomic E-state index is 0.0876. The maximum absolute atomic E-state index is 13.5. The van der Waals surface area contributed by atoms with Crippen molar-refractivity contribution >= 4 is 34.5 Å². The Balaban J connectivity index is 1.33. The SMILES string of the molecule is C#Cc1ccc(C2CCc3c(nc4cc(C(=O)N5CCN(C(=O)OCCC=C)CC5C)ccc4c3Cl)C2)nc1. The van der Waals surface area contributed by atoms with Crippen LogP contribution in [0.3, 0.4) is 0 Å². The molecule has 2 aliphatic rings. The highest BCUT2D eigenvalue weighted by atomic mass is 35.5. The van der Waals surface area contributed by atoms with Gasteiger partial charge in [-0.3, -0.25) is 14.8 Å². The Kier molecular flexibility index (Phi) is 7.85. The van der Waals surface area contributed by atoms with E-state index in [1.807, 2.05) is 37.3 Å². The molecule has 200 valence electrons. The molecule has 7 nitrogen and oxygen atoms in total. The summed E-state index contributed by atoms with van der Waals surface area (Å²) in [5, 5.41) is 1.56. The number of pyridine rings is 2. The van der Waals surface area contributed by atoms with Gasteiger partial charge in [0.1, 0.15) is 0 Å². The van der Waals surface area contributed by atoms with Crippen molar-refractivity contribution in [2.24, 2.45) is 0 Å². The van der Waals surface area contributed by atoms with Crippen LogP contribution >= 0.6 is 11.6 Å². The second kappa shape index (κ2) is 11.5. The largest absolute Gasteiger partial charge is 0.449 e. The Labute approximate surface area is 233 Å². The van der Waals surface area contributed by atoms with E-state index in [0.29, 0.717) is 48.8 Å². The summed E-state index contributed by atoms with van der Waals surface area (Å²) >= 11 is 6.86. The zero-order valence-electron chi connectivity index (χ0n) is 22.0. The number of carbonyl (C=O) groups is 2. The van der Waals surface area contributed by atoms with Crippen LogP contribution < -0.4 is 0 Å². The van der Waals surface area contributed by atoms with Crippen molar-refractivity contribution in [3.63, 3.8) is 0 Å². The van der Waals surface area contributed by atoms with E-state index in [2.05, 4.69) is 17.5 Å². The number of halogens is 1. The van der Waals surface area contributed by atoms with Gasteiger partial charge in [0.25, 0.3) is 5.91 Å².